The van der Waals surface area contributed by atoms with E-state index < -0.39 is 24.3 Å². The van der Waals surface area contributed by atoms with Crippen molar-refractivity contribution in [3.8, 4) is 0 Å². The predicted octanol–water partition coefficient (Wildman–Crippen LogP) is 5.81. The van der Waals surface area contributed by atoms with Gasteiger partial charge in [0.05, 0.1) is 25.7 Å². The molecule has 1 N–H and O–H groups in total. The first-order valence-electron chi connectivity index (χ1n) is 17.7. The van der Waals surface area contributed by atoms with Crippen LogP contribution in [-0.2, 0) is 19.0 Å². The number of rotatable bonds is 5. The first-order chi connectivity index (χ1) is 22.7. The molecule has 0 aliphatic carbocycles. The highest BCUT2D eigenvalue weighted by Crippen LogP contribution is 2.28. The molecule has 1 amide bonds. The van der Waals surface area contributed by atoms with Crippen LogP contribution < -0.4 is 4.90 Å². The fourth-order valence-electron chi connectivity index (χ4n) is 7.37. The average molecular weight is 656 g/mol. The highest BCUT2D eigenvalue weighted by molar-refractivity contribution is 5.71. The molecule has 5 atom stereocenters. The molecule has 3 fully saturated rings. The number of carbonyl (C=O) groups is 2. The van der Waals surface area contributed by atoms with Crippen molar-refractivity contribution in [1.29, 1.82) is 0 Å². The highest BCUT2D eigenvalue weighted by Gasteiger charge is 2.31. The van der Waals surface area contributed by atoms with Gasteiger partial charge in [-0.2, -0.15) is 0 Å². The molecule has 0 unspecified atom stereocenters. The van der Waals surface area contributed by atoms with Gasteiger partial charge < -0.3 is 34.0 Å². The Morgan fingerprint density at radius 1 is 0.957 bits per heavy atom. The van der Waals surface area contributed by atoms with E-state index in [0.717, 1.165) is 37.2 Å². The summed E-state index contributed by atoms with van der Waals surface area (Å²) in [4.78, 5) is 32.8. The smallest absolute Gasteiger partial charge is 0.410 e. The Labute approximate surface area is 279 Å². The summed E-state index contributed by atoms with van der Waals surface area (Å²) >= 11 is 0. The number of nitrogens with zero attached hydrogens (tertiary/aromatic N) is 3. The van der Waals surface area contributed by atoms with Gasteiger partial charge in [0.2, 0.25) is 0 Å². The Balaban J connectivity index is 1.29. The number of hydrogen-bond donors (Lipinski definition) is 1. The second-order valence-electron chi connectivity index (χ2n) is 14.0. The minimum absolute atomic E-state index is 0.0561. The molecule has 9 nitrogen and oxygen atoms in total. The maximum Gasteiger partial charge on any atom is 0.410 e. The fraction of sp³-hybridized carbons (Fsp3) is 0.676. The molecular formula is C37H54FN3O6. The number of aliphatic hydroxyl groups is 1. The summed E-state index contributed by atoms with van der Waals surface area (Å²) < 4.78 is 32.3. The van der Waals surface area contributed by atoms with E-state index in [1.165, 1.54) is 31.4 Å². The molecule has 0 aromatic heterocycles. The summed E-state index contributed by atoms with van der Waals surface area (Å²) in [6.45, 7) is 12.1. The molecule has 1 aromatic carbocycles. The third-order valence-electron chi connectivity index (χ3n) is 10.2. The Morgan fingerprint density at radius 2 is 1.68 bits per heavy atom. The molecule has 4 aliphatic heterocycles. The summed E-state index contributed by atoms with van der Waals surface area (Å²) in [6, 6.07) is 5.48. The quantitative estimate of drug-likeness (QED) is 0.314. The lowest BCUT2D eigenvalue weighted by Crippen LogP contribution is -2.48. The molecule has 5 rings (SSSR count). The number of ether oxygens (including phenoxy) is 3. The molecule has 0 bridgehead atoms. The van der Waals surface area contributed by atoms with Crippen molar-refractivity contribution in [2.45, 2.75) is 96.5 Å². The Bertz CT molecular complexity index is 1250. The molecule has 10 heteroatoms. The molecule has 0 spiro atoms. The molecule has 4 aliphatic rings. The van der Waals surface area contributed by atoms with Gasteiger partial charge >= 0.3 is 12.1 Å². The maximum atomic E-state index is 14.7. The Hall–Kier alpha value is -2.95. The van der Waals surface area contributed by atoms with Crippen molar-refractivity contribution in [2.75, 3.05) is 57.4 Å². The van der Waals surface area contributed by atoms with Crippen LogP contribution in [0.3, 0.4) is 0 Å². The number of halogens is 1. The standard InChI is InChI=1S/C37H54FN3O6/c1-26-7-9-33(42)25-35(43)47-36(28(3)21-29-22-30(38)24-32(23-29)40-17-19-45-20-18-40)27(2)8-10-34(26)46-37(44)41-15-11-31(12-16-41)39-13-5-4-6-14-39/h8,10,21-24,26-27,31,33-34,36,42H,4-7,9,11-20,25H2,1-3H3/b10-8+,28-21+/t26-,27-,33+,34+,36-/m0/s1. The van der Waals surface area contributed by atoms with Crippen LogP contribution in [0.4, 0.5) is 14.9 Å². The van der Waals surface area contributed by atoms with E-state index in [0.29, 0.717) is 63.8 Å². The van der Waals surface area contributed by atoms with Crippen molar-refractivity contribution < 1.29 is 33.3 Å². The van der Waals surface area contributed by atoms with Crippen molar-refractivity contribution in [3.63, 3.8) is 0 Å². The second kappa shape index (κ2) is 16.9. The first kappa shape index (κ1) is 35.4. The molecule has 0 radical (unpaired) electrons. The zero-order chi connectivity index (χ0) is 33.3. The van der Waals surface area contributed by atoms with E-state index in [-0.39, 0.29) is 30.2 Å². The number of amides is 1. The first-order valence-corrected chi connectivity index (χ1v) is 17.7. The third kappa shape index (κ3) is 10.0. The number of anilines is 1. The number of likely N-dealkylation sites (tertiary alicyclic amines) is 2. The monoisotopic (exact) mass is 655 g/mol. The number of carbonyl (C=O) groups excluding carboxylic acids is 2. The van der Waals surface area contributed by atoms with Crippen LogP contribution in [-0.4, -0.2) is 104 Å². The van der Waals surface area contributed by atoms with Crippen LogP contribution in [0.25, 0.3) is 6.08 Å². The van der Waals surface area contributed by atoms with Crippen molar-refractivity contribution in [3.05, 3.63) is 47.3 Å². The minimum Gasteiger partial charge on any atom is -0.457 e. The molecule has 260 valence electrons. The lowest BCUT2D eigenvalue weighted by Gasteiger charge is -2.40. The predicted molar refractivity (Wildman–Crippen MR) is 181 cm³/mol. The molecule has 0 saturated carbocycles. The maximum absolute atomic E-state index is 14.7. The van der Waals surface area contributed by atoms with Gasteiger partial charge in [0.1, 0.15) is 18.0 Å². The number of esters is 1. The van der Waals surface area contributed by atoms with Crippen LogP contribution in [0.15, 0.2) is 35.9 Å². The summed E-state index contributed by atoms with van der Waals surface area (Å²) in [5.74, 6) is -1.14. The van der Waals surface area contributed by atoms with Gasteiger partial charge in [-0.05, 0) is 99.9 Å². The average Bonchev–Trinajstić information content (AvgIpc) is 3.07. The number of hydrogen-bond acceptors (Lipinski definition) is 8. The fourth-order valence-corrected chi connectivity index (χ4v) is 7.37. The molecule has 3 saturated heterocycles. The summed E-state index contributed by atoms with van der Waals surface area (Å²) in [5.41, 5.74) is 2.21. The lowest BCUT2D eigenvalue weighted by atomic mass is 9.91. The lowest BCUT2D eigenvalue weighted by molar-refractivity contribution is -0.151. The van der Waals surface area contributed by atoms with Gasteiger partial charge in [-0.1, -0.05) is 32.4 Å². The molecular weight excluding hydrogens is 601 g/mol. The van der Waals surface area contributed by atoms with Crippen LogP contribution in [0, 0.1) is 17.7 Å². The SMILES string of the molecule is C/C(=C\c1cc(F)cc(N2CCOCC2)c1)[C@H]1OC(=O)C[C@H](O)CC[C@H](C)[C@H](OC(=O)N2CCC(N3CCCCC3)CC2)/C=C/[C@@H]1C. The van der Waals surface area contributed by atoms with E-state index in [4.69, 9.17) is 14.2 Å². The van der Waals surface area contributed by atoms with E-state index in [9.17, 15) is 19.1 Å². The second-order valence-corrected chi connectivity index (χ2v) is 14.0. The van der Waals surface area contributed by atoms with Crippen molar-refractivity contribution >= 4 is 23.8 Å². The number of cyclic esters (lactones) is 1. The normalized spacial score (nSPS) is 30.2. The van der Waals surface area contributed by atoms with Gasteiger partial charge in [-0.25, -0.2) is 9.18 Å². The van der Waals surface area contributed by atoms with E-state index in [1.54, 1.807) is 0 Å². The van der Waals surface area contributed by atoms with Crippen molar-refractivity contribution in [1.82, 2.24) is 9.80 Å². The van der Waals surface area contributed by atoms with Crippen LogP contribution in [0.1, 0.15) is 77.7 Å². The number of piperidine rings is 2. The molecule has 1 aromatic rings. The van der Waals surface area contributed by atoms with Gasteiger partial charge in [0.25, 0.3) is 0 Å². The van der Waals surface area contributed by atoms with Crippen LogP contribution in [0.5, 0.6) is 0 Å². The minimum atomic E-state index is -0.863. The van der Waals surface area contributed by atoms with E-state index >= 15 is 0 Å². The topological polar surface area (TPSA) is 91.8 Å². The zero-order valence-corrected chi connectivity index (χ0v) is 28.4. The van der Waals surface area contributed by atoms with Crippen LogP contribution >= 0.6 is 0 Å². The van der Waals surface area contributed by atoms with Gasteiger partial charge in [0, 0.05) is 43.8 Å². The highest BCUT2D eigenvalue weighted by atomic mass is 19.1. The number of morpholine rings is 1. The van der Waals surface area contributed by atoms with Gasteiger partial charge in [-0.3, -0.25) is 4.79 Å². The summed E-state index contributed by atoms with van der Waals surface area (Å²) in [5, 5.41) is 10.7. The largest absolute Gasteiger partial charge is 0.457 e. The summed E-state index contributed by atoms with van der Waals surface area (Å²) in [6.07, 6.45) is 10.0. The third-order valence-corrected chi connectivity index (χ3v) is 10.2. The van der Waals surface area contributed by atoms with Crippen molar-refractivity contribution in [2.24, 2.45) is 11.8 Å². The Morgan fingerprint density at radius 3 is 2.40 bits per heavy atom. The zero-order valence-electron chi connectivity index (χ0n) is 28.4. The van der Waals surface area contributed by atoms with Crippen LogP contribution in [0.2, 0.25) is 0 Å². The number of aliphatic hydroxyl groups excluding tert-OH is 1. The number of benzene rings is 1. The summed E-state index contributed by atoms with van der Waals surface area (Å²) in [7, 11) is 0. The van der Waals surface area contributed by atoms with E-state index in [1.807, 2.05) is 50.0 Å². The van der Waals surface area contributed by atoms with Gasteiger partial charge in [0.15, 0.2) is 0 Å². The Kier molecular flexibility index (Phi) is 12.7. The van der Waals surface area contributed by atoms with Gasteiger partial charge in [-0.15, -0.1) is 0 Å². The molecule has 4 heterocycles. The van der Waals surface area contributed by atoms with E-state index in [2.05, 4.69) is 9.80 Å². The molecule has 47 heavy (non-hydrogen) atoms.